The maximum Gasteiger partial charge on any atom is 0.141 e. The largest absolute Gasteiger partial charge is 0.335 e. The molecule has 2 rings (SSSR count). The van der Waals surface area contributed by atoms with E-state index in [1.54, 1.807) is 0 Å². The number of rotatable bonds is 3. The lowest BCUT2D eigenvalue weighted by molar-refractivity contribution is 0.414. The van der Waals surface area contributed by atoms with Gasteiger partial charge in [-0.05, 0) is 38.2 Å². The Morgan fingerprint density at radius 3 is 2.81 bits per heavy atom. The first kappa shape index (κ1) is 11.4. The fraction of sp³-hybridized carbons (Fsp3) is 0.417. The number of aryl methyl sites for hydroxylation is 1. The van der Waals surface area contributed by atoms with Gasteiger partial charge >= 0.3 is 0 Å². The monoisotopic (exact) mass is 237 g/mol. The third-order valence-corrected chi connectivity index (χ3v) is 2.91. The molecule has 0 radical (unpaired) electrons. The van der Waals surface area contributed by atoms with E-state index in [-0.39, 0.29) is 0 Å². The summed E-state index contributed by atoms with van der Waals surface area (Å²) in [6, 6.07) is 3.90. The summed E-state index contributed by atoms with van der Waals surface area (Å²) in [5.41, 5.74) is 2.29. The van der Waals surface area contributed by atoms with Gasteiger partial charge in [0.05, 0.1) is 0 Å². The number of aromatic nitrogens is 2. The second-order valence-corrected chi connectivity index (χ2v) is 4.71. The summed E-state index contributed by atoms with van der Waals surface area (Å²) in [5, 5.41) is 1.75. The molecule has 3 nitrogen and oxygen atoms in total. The molecule has 86 valence electrons. The first-order valence-corrected chi connectivity index (χ1v) is 5.71. The van der Waals surface area contributed by atoms with Gasteiger partial charge in [0.15, 0.2) is 0 Å². The highest BCUT2D eigenvalue weighted by molar-refractivity contribution is 6.29. The summed E-state index contributed by atoms with van der Waals surface area (Å²) in [6.07, 6.45) is 3.17. The topological polar surface area (TPSA) is 21.1 Å². The smallest absolute Gasteiger partial charge is 0.141 e. The van der Waals surface area contributed by atoms with Crippen molar-refractivity contribution in [3.05, 3.63) is 29.0 Å². The minimum atomic E-state index is 0.549. The highest BCUT2D eigenvalue weighted by Crippen LogP contribution is 2.21. The lowest BCUT2D eigenvalue weighted by Gasteiger charge is -2.07. The van der Waals surface area contributed by atoms with E-state index < -0.39 is 0 Å². The summed E-state index contributed by atoms with van der Waals surface area (Å²) >= 11 is 5.89. The lowest BCUT2D eigenvalue weighted by atomic mass is 10.1. The van der Waals surface area contributed by atoms with Gasteiger partial charge in [0.2, 0.25) is 0 Å². The number of nitrogens with zero attached hydrogens (tertiary/aromatic N) is 3. The Morgan fingerprint density at radius 2 is 2.12 bits per heavy atom. The van der Waals surface area contributed by atoms with Crippen LogP contribution in [0.1, 0.15) is 5.56 Å². The average molecular weight is 238 g/mol. The van der Waals surface area contributed by atoms with Crippen molar-refractivity contribution in [2.45, 2.75) is 6.42 Å². The molecular formula is C12H16ClN3. The maximum absolute atomic E-state index is 5.89. The van der Waals surface area contributed by atoms with E-state index in [0.29, 0.717) is 5.15 Å². The summed E-state index contributed by atoms with van der Waals surface area (Å²) in [4.78, 5) is 6.52. The van der Waals surface area contributed by atoms with E-state index >= 15 is 0 Å². The molecule has 0 aliphatic rings. The molecule has 0 N–H and O–H groups in total. The molecule has 0 fully saturated rings. The average Bonchev–Trinajstić information content (AvgIpc) is 2.53. The van der Waals surface area contributed by atoms with Gasteiger partial charge in [0, 0.05) is 25.2 Å². The quantitative estimate of drug-likeness (QED) is 0.764. The van der Waals surface area contributed by atoms with Crippen LogP contribution in [0.25, 0.3) is 11.0 Å². The standard InChI is InChI=1S/C12H16ClN3/c1-15(2)7-6-9-8-16(3)12-10(9)4-5-11(13)14-12/h4-5,8H,6-7H2,1-3H3. The molecular weight excluding hydrogens is 222 g/mol. The second-order valence-electron chi connectivity index (χ2n) is 4.32. The van der Waals surface area contributed by atoms with Crippen LogP contribution < -0.4 is 0 Å². The minimum absolute atomic E-state index is 0.549. The second kappa shape index (κ2) is 4.44. The van der Waals surface area contributed by atoms with Crippen LogP contribution >= 0.6 is 11.6 Å². The number of hydrogen-bond acceptors (Lipinski definition) is 2. The van der Waals surface area contributed by atoms with Gasteiger partial charge in [-0.1, -0.05) is 11.6 Å². The van der Waals surface area contributed by atoms with Crippen LogP contribution in [0.4, 0.5) is 0 Å². The molecule has 4 heteroatoms. The maximum atomic E-state index is 5.89. The molecule has 2 aromatic heterocycles. The molecule has 0 aromatic carbocycles. The summed E-state index contributed by atoms with van der Waals surface area (Å²) in [5.74, 6) is 0. The molecule has 2 aromatic rings. The van der Waals surface area contributed by atoms with Gasteiger partial charge in [0.25, 0.3) is 0 Å². The number of hydrogen-bond donors (Lipinski definition) is 0. The van der Waals surface area contributed by atoms with E-state index in [0.717, 1.165) is 18.6 Å². The molecule has 0 bridgehead atoms. The van der Waals surface area contributed by atoms with Crippen LogP contribution in [0.3, 0.4) is 0 Å². The van der Waals surface area contributed by atoms with Crippen molar-refractivity contribution < 1.29 is 0 Å². The lowest BCUT2D eigenvalue weighted by Crippen LogP contribution is -2.14. The Kier molecular flexibility index (Phi) is 3.17. The van der Waals surface area contributed by atoms with Crippen molar-refractivity contribution in [2.75, 3.05) is 20.6 Å². The van der Waals surface area contributed by atoms with Crippen molar-refractivity contribution in [1.82, 2.24) is 14.5 Å². The Balaban J connectivity index is 2.39. The SMILES string of the molecule is CN(C)CCc1cn(C)c2nc(Cl)ccc12. The molecule has 0 aliphatic heterocycles. The van der Waals surface area contributed by atoms with E-state index in [4.69, 9.17) is 11.6 Å². The number of fused-ring (bicyclic) bond motifs is 1. The Bertz CT molecular complexity index is 502. The van der Waals surface area contributed by atoms with E-state index in [1.807, 2.05) is 17.7 Å². The predicted molar refractivity (Wildman–Crippen MR) is 68.0 cm³/mol. The van der Waals surface area contributed by atoms with Gasteiger partial charge < -0.3 is 9.47 Å². The molecule has 0 saturated carbocycles. The van der Waals surface area contributed by atoms with E-state index in [9.17, 15) is 0 Å². The van der Waals surface area contributed by atoms with E-state index in [2.05, 4.69) is 36.2 Å². The third-order valence-electron chi connectivity index (χ3n) is 2.70. The van der Waals surface area contributed by atoms with Gasteiger partial charge in [-0.15, -0.1) is 0 Å². The van der Waals surface area contributed by atoms with Crippen molar-refractivity contribution in [2.24, 2.45) is 7.05 Å². The fourth-order valence-corrected chi connectivity index (χ4v) is 2.00. The first-order chi connectivity index (χ1) is 7.58. The molecule has 16 heavy (non-hydrogen) atoms. The van der Waals surface area contributed by atoms with Crippen molar-refractivity contribution in [3.63, 3.8) is 0 Å². The highest BCUT2D eigenvalue weighted by atomic mass is 35.5. The number of pyridine rings is 1. The fourth-order valence-electron chi connectivity index (χ4n) is 1.85. The minimum Gasteiger partial charge on any atom is -0.335 e. The zero-order chi connectivity index (χ0) is 11.7. The van der Waals surface area contributed by atoms with Gasteiger partial charge in [-0.25, -0.2) is 4.98 Å². The van der Waals surface area contributed by atoms with Gasteiger partial charge in [0.1, 0.15) is 10.8 Å². The summed E-state index contributed by atoms with van der Waals surface area (Å²) in [7, 11) is 6.17. The predicted octanol–water partition coefficient (Wildman–Crippen LogP) is 2.33. The Morgan fingerprint density at radius 1 is 1.38 bits per heavy atom. The van der Waals surface area contributed by atoms with Crippen molar-refractivity contribution >= 4 is 22.6 Å². The number of likely N-dealkylation sites (N-methyl/N-ethyl adjacent to an activating group) is 1. The van der Waals surface area contributed by atoms with Crippen LogP contribution in [-0.2, 0) is 13.5 Å². The third kappa shape index (κ3) is 2.20. The van der Waals surface area contributed by atoms with Crippen molar-refractivity contribution in [1.29, 1.82) is 0 Å². The van der Waals surface area contributed by atoms with Gasteiger partial charge in [-0.2, -0.15) is 0 Å². The Labute approximate surface area is 101 Å². The summed E-state index contributed by atoms with van der Waals surface area (Å²) < 4.78 is 2.03. The van der Waals surface area contributed by atoms with Crippen LogP contribution in [0, 0.1) is 0 Å². The molecule has 2 heterocycles. The normalized spacial score (nSPS) is 11.6. The molecule has 0 atom stereocenters. The zero-order valence-electron chi connectivity index (χ0n) is 9.87. The zero-order valence-corrected chi connectivity index (χ0v) is 10.6. The van der Waals surface area contributed by atoms with Crippen LogP contribution in [0.15, 0.2) is 18.3 Å². The van der Waals surface area contributed by atoms with Crippen molar-refractivity contribution in [3.8, 4) is 0 Å². The molecule has 0 unspecified atom stereocenters. The van der Waals surface area contributed by atoms with Gasteiger partial charge in [-0.3, -0.25) is 0 Å². The molecule has 0 aliphatic carbocycles. The summed E-state index contributed by atoms with van der Waals surface area (Å²) in [6.45, 7) is 1.04. The highest BCUT2D eigenvalue weighted by Gasteiger charge is 2.08. The Hall–Kier alpha value is -1.06. The first-order valence-electron chi connectivity index (χ1n) is 5.33. The van der Waals surface area contributed by atoms with Crippen LogP contribution in [0.2, 0.25) is 5.15 Å². The van der Waals surface area contributed by atoms with E-state index in [1.165, 1.54) is 10.9 Å². The van der Waals surface area contributed by atoms with Crippen LogP contribution in [0.5, 0.6) is 0 Å². The molecule has 0 spiro atoms. The number of halogens is 1. The molecule has 0 amide bonds. The van der Waals surface area contributed by atoms with Crippen LogP contribution in [-0.4, -0.2) is 35.1 Å². The molecule has 0 saturated heterocycles.